The highest BCUT2D eigenvalue weighted by atomic mass is 16.3. The van der Waals surface area contributed by atoms with Gasteiger partial charge in [-0.25, -0.2) is 0 Å². The van der Waals surface area contributed by atoms with Crippen LogP contribution < -0.4 is 0 Å². The van der Waals surface area contributed by atoms with Gasteiger partial charge in [0.2, 0.25) is 0 Å². The molecule has 0 bridgehead atoms. The van der Waals surface area contributed by atoms with Crippen LogP contribution in [0.15, 0.2) is 186 Å². The van der Waals surface area contributed by atoms with Gasteiger partial charge in [0.1, 0.15) is 11.2 Å². The normalized spacial score (nSPS) is 15.4. The van der Waals surface area contributed by atoms with Crippen LogP contribution in [0.4, 0.5) is 0 Å². The maximum absolute atomic E-state index is 9.32. The zero-order valence-electron chi connectivity index (χ0n) is 38.7. The van der Waals surface area contributed by atoms with Crippen LogP contribution in [-0.4, -0.2) is 0 Å². The summed E-state index contributed by atoms with van der Waals surface area (Å²) < 4.78 is 122. The topological polar surface area (TPSA) is 13.1 Å². The second-order valence-electron chi connectivity index (χ2n) is 11.8. The first-order valence-corrected chi connectivity index (χ1v) is 15.8. The number of hydrogen-bond acceptors (Lipinski definition) is 1. The number of furan rings is 1. The molecule has 1 heterocycles. The third kappa shape index (κ3) is 4.40. The smallest absolute Gasteiger partial charge is 0.136 e. The predicted octanol–water partition coefficient (Wildman–Crippen LogP) is 13.7. The van der Waals surface area contributed by atoms with E-state index in [2.05, 4.69) is 30.3 Å². The van der Waals surface area contributed by atoms with E-state index < -0.39 is 84.1 Å². The largest absolute Gasteiger partial charge is 0.456 e. The standard InChI is InChI=1S/C48H30O/c1-2-14-32(15-3-1)46-39-20-6-8-22-41(39)47(42-23-9-7-21-40(42)46)35-18-10-17-33(29-35)38-25-12-26-44-48(38)43-28-27-34(30-45(43)49-44)37-24-11-16-31-13-4-5-19-36(31)37/h1-30H/i1D,2D,3D,6D,7D,8D,9D,14D,15D,20D,21D,22D,23D. The van der Waals surface area contributed by atoms with Crippen molar-refractivity contribution in [2.75, 3.05) is 0 Å². The lowest BCUT2D eigenvalue weighted by Crippen LogP contribution is -1.91. The highest BCUT2D eigenvalue weighted by molar-refractivity contribution is 6.22. The van der Waals surface area contributed by atoms with Gasteiger partial charge in [-0.05, 0) is 101 Å². The summed E-state index contributed by atoms with van der Waals surface area (Å²) in [7, 11) is 0. The molecule has 0 aliphatic heterocycles. The molecule has 0 aliphatic rings. The number of hydrogen-bond donors (Lipinski definition) is 0. The molecule has 0 fully saturated rings. The SMILES string of the molecule is [2H]c1c([2H])c([2H])c(-c2c3c([2H])c([2H])c([2H])c([2H])c3c(-c3cccc(-c4cccc5oc6cc(-c7cccc8ccccc78)ccc6c45)c3)c3c([2H])c([2H])c([2H])c([2H])c23)c([2H])c1[2H]. The number of benzene rings is 9. The molecule has 0 amide bonds. The van der Waals surface area contributed by atoms with Gasteiger partial charge in [0, 0.05) is 10.8 Å². The van der Waals surface area contributed by atoms with E-state index in [0.717, 1.165) is 38.2 Å². The van der Waals surface area contributed by atoms with E-state index in [9.17, 15) is 5.48 Å². The predicted molar refractivity (Wildman–Crippen MR) is 208 cm³/mol. The fraction of sp³-hybridized carbons (Fsp3) is 0. The monoisotopic (exact) mass is 635 g/mol. The van der Waals surface area contributed by atoms with E-state index in [4.69, 9.17) is 16.8 Å². The van der Waals surface area contributed by atoms with Crippen molar-refractivity contribution >= 4 is 54.3 Å². The fourth-order valence-electron chi connectivity index (χ4n) is 7.09. The van der Waals surface area contributed by atoms with Crippen molar-refractivity contribution in [1.82, 2.24) is 0 Å². The van der Waals surface area contributed by atoms with Crippen molar-refractivity contribution in [3.8, 4) is 44.5 Å². The lowest BCUT2D eigenvalue weighted by atomic mass is 9.85. The Balaban J connectivity index is 1.29. The summed E-state index contributed by atoms with van der Waals surface area (Å²) in [6.45, 7) is 0. The van der Waals surface area contributed by atoms with Crippen LogP contribution in [-0.2, 0) is 0 Å². The fourth-order valence-corrected chi connectivity index (χ4v) is 7.09. The zero-order valence-corrected chi connectivity index (χ0v) is 25.7. The van der Waals surface area contributed by atoms with Crippen molar-refractivity contribution < 1.29 is 22.2 Å². The molecule has 49 heavy (non-hydrogen) atoms. The summed E-state index contributed by atoms with van der Waals surface area (Å²) in [5.74, 6) is 0. The summed E-state index contributed by atoms with van der Waals surface area (Å²) in [6.07, 6.45) is 0. The first-order chi connectivity index (χ1) is 29.7. The van der Waals surface area contributed by atoms with Crippen LogP contribution in [0, 0.1) is 0 Å². The maximum Gasteiger partial charge on any atom is 0.136 e. The average Bonchev–Trinajstić information content (AvgIpc) is 3.67. The van der Waals surface area contributed by atoms with Gasteiger partial charge in [-0.15, -0.1) is 0 Å². The molecule has 1 nitrogen and oxygen atoms in total. The third-order valence-corrected chi connectivity index (χ3v) is 9.18. The molecule has 0 unspecified atom stereocenters. The Bertz CT molecular complexity index is 3510. The first kappa shape index (κ1) is 17.6. The van der Waals surface area contributed by atoms with Crippen molar-refractivity contribution in [3.63, 3.8) is 0 Å². The van der Waals surface area contributed by atoms with Gasteiger partial charge in [0.25, 0.3) is 0 Å². The van der Waals surface area contributed by atoms with E-state index >= 15 is 0 Å². The summed E-state index contributed by atoms with van der Waals surface area (Å²) in [5.41, 5.74) is 4.43. The molecular weight excluding hydrogens is 593 g/mol. The van der Waals surface area contributed by atoms with E-state index in [1.54, 1.807) is 18.2 Å². The van der Waals surface area contributed by atoms with Gasteiger partial charge in [-0.1, -0.05) is 157 Å². The molecule has 0 N–H and O–H groups in total. The minimum absolute atomic E-state index is 0.0657. The Morgan fingerprint density at radius 3 is 1.73 bits per heavy atom. The van der Waals surface area contributed by atoms with Gasteiger partial charge in [-0.2, -0.15) is 0 Å². The lowest BCUT2D eigenvalue weighted by molar-refractivity contribution is 0.669. The Morgan fingerprint density at radius 2 is 0.959 bits per heavy atom. The molecule has 1 aromatic heterocycles. The van der Waals surface area contributed by atoms with Gasteiger partial charge in [-0.3, -0.25) is 0 Å². The Kier molecular flexibility index (Phi) is 3.99. The molecule has 0 saturated carbocycles. The summed E-state index contributed by atoms with van der Waals surface area (Å²) in [4.78, 5) is 0. The summed E-state index contributed by atoms with van der Waals surface area (Å²) in [5, 5.41) is 3.12. The van der Waals surface area contributed by atoms with Crippen molar-refractivity contribution in [1.29, 1.82) is 0 Å². The van der Waals surface area contributed by atoms with Crippen LogP contribution in [0.25, 0.3) is 98.8 Å². The highest BCUT2D eigenvalue weighted by Gasteiger charge is 2.18. The number of fused-ring (bicyclic) bond motifs is 6. The van der Waals surface area contributed by atoms with Crippen LogP contribution in [0.3, 0.4) is 0 Å². The number of rotatable bonds is 4. The van der Waals surface area contributed by atoms with Gasteiger partial charge in [0.05, 0.1) is 17.8 Å². The minimum atomic E-state index is -0.716. The molecule has 0 saturated heterocycles. The third-order valence-electron chi connectivity index (χ3n) is 9.18. The molecule has 0 spiro atoms. The molecule has 1 heteroatoms. The molecular formula is C48H30O. The second-order valence-corrected chi connectivity index (χ2v) is 11.8. The minimum Gasteiger partial charge on any atom is -0.456 e. The van der Waals surface area contributed by atoms with E-state index in [1.165, 1.54) is 0 Å². The summed E-state index contributed by atoms with van der Waals surface area (Å²) >= 11 is 0. The van der Waals surface area contributed by atoms with Crippen molar-refractivity contribution in [3.05, 3.63) is 182 Å². The van der Waals surface area contributed by atoms with E-state index in [-0.39, 0.29) is 32.7 Å². The molecule has 0 aliphatic carbocycles. The van der Waals surface area contributed by atoms with E-state index in [0.29, 0.717) is 22.3 Å². The Labute approximate surface area is 302 Å². The zero-order chi connectivity index (χ0) is 43.6. The quantitative estimate of drug-likeness (QED) is 0.175. The average molecular weight is 636 g/mol. The molecule has 9 aromatic carbocycles. The maximum atomic E-state index is 9.32. The van der Waals surface area contributed by atoms with Crippen LogP contribution in [0.1, 0.15) is 17.8 Å². The molecule has 10 rings (SSSR count). The van der Waals surface area contributed by atoms with Gasteiger partial charge in [0.15, 0.2) is 0 Å². The first-order valence-electron chi connectivity index (χ1n) is 22.3. The van der Waals surface area contributed by atoms with Gasteiger partial charge < -0.3 is 4.42 Å². The van der Waals surface area contributed by atoms with Crippen LogP contribution in [0.5, 0.6) is 0 Å². The highest BCUT2D eigenvalue weighted by Crippen LogP contribution is 2.45. The molecule has 0 atom stereocenters. The van der Waals surface area contributed by atoms with Crippen molar-refractivity contribution in [2.24, 2.45) is 0 Å². The summed E-state index contributed by atoms with van der Waals surface area (Å²) in [6, 6.07) is 24.9. The lowest BCUT2D eigenvalue weighted by Gasteiger charge is -2.18. The van der Waals surface area contributed by atoms with Gasteiger partial charge >= 0.3 is 0 Å². The second kappa shape index (κ2) is 11.1. The molecule has 0 radical (unpaired) electrons. The van der Waals surface area contributed by atoms with E-state index in [1.807, 2.05) is 54.6 Å². The Morgan fingerprint density at radius 1 is 0.367 bits per heavy atom. The van der Waals surface area contributed by atoms with Crippen LogP contribution >= 0.6 is 0 Å². The van der Waals surface area contributed by atoms with Crippen LogP contribution in [0.2, 0.25) is 0 Å². The molecule has 228 valence electrons. The molecule has 10 aromatic rings. The Hall–Kier alpha value is -6.44. The van der Waals surface area contributed by atoms with Crippen molar-refractivity contribution in [2.45, 2.75) is 0 Å².